The molecule has 0 atom stereocenters. The van der Waals surface area contributed by atoms with Gasteiger partial charge in [-0.25, -0.2) is 0 Å². The first-order valence-corrected chi connectivity index (χ1v) is 4.81. The molecule has 0 aromatic heterocycles. The van der Waals surface area contributed by atoms with Crippen LogP contribution in [0.4, 0.5) is 5.69 Å². The molecule has 0 saturated heterocycles. The average molecular weight is 187 g/mol. The molecule has 0 aliphatic carbocycles. The number of para-hydroxylation sites is 1. The van der Waals surface area contributed by atoms with Gasteiger partial charge in [0.1, 0.15) is 0 Å². The summed E-state index contributed by atoms with van der Waals surface area (Å²) in [6.45, 7) is 8.80. The van der Waals surface area contributed by atoms with Gasteiger partial charge in [-0.15, -0.1) is 6.58 Å². The van der Waals surface area contributed by atoms with Gasteiger partial charge < -0.3 is 4.90 Å². The average Bonchev–Trinajstić information content (AvgIpc) is 2.18. The van der Waals surface area contributed by atoms with E-state index in [1.807, 2.05) is 24.3 Å². The van der Waals surface area contributed by atoms with Gasteiger partial charge in [0.2, 0.25) is 0 Å². The molecular weight excluding hydrogens is 170 g/mol. The Morgan fingerprint density at radius 1 is 1.29 bits per heavy atom. The van der Waals surface area contributed by atoms with Crippen molar-refractivity contribution in [1.29, 1.82) is 0 Å². The van der Waals surface area contributed by atoms with Crippen LogP contribution in [0.2, 0.25) is 0 Å². The van der Waals surface area contributed by atoms with Gasteiger partial charge in [-0.1, -0.05) is 29.8 Å². The highest BCUT2D eigenvalue weighted by molar-refractivity contribution is 5.49. The Hall–Kier alpha value is -1.50. The Labute approximate surface area is 86.4 Å². The summed E-state index contributed by atoms with van der Waals surface area (Å²) in [5.41, 5.74) is 2.49. The van der Waals surface area contributed by atoms with Crippen LogP contribution in [0.25, 0.3) is 0 Å². The van der Waals surface area contributed by atoms with Crippen molar-refractivity contribution in [2.75, 3.05) is 11.4 Å². The molecule has 14 heavy (non-hydrogen) atoms. The Kier molecular flexibility index (Phi) is 3.99. The molecule has 1 rings (SSSR count). The van der Waals surface area contributed by atoms with Crippen molar-refractivity contribution in [1.82, 2.24) is 0 Å². The second-order valence-corrected chi connectivity index (χ2v) is 3.48. The van der Waals surface area contributed by atoms with Crippen LogP contribution in [0, 0.1) is 0 Å². The van der Waals surface area contributed by atoms with Gasteiger partial charge in [-0.3, -0.25) is 0 Å². The van der Waals surface area contributed by atoms with E-state index in [2.05, 4.69) is 43.7 Å². The van der Waals surface area contributed by atoms with Gasteiger partial charge in [0, 0.05) is 18.4 Å². The van der Waals surface area contributed by atoms with Crippen LogP contribution in [-0.2, 0) is 0 Å². The lowest BCUT2D eigenvalue weighted by Gasteiger charge is -2.19. The van der Waals surface area contributed by atoms with Crippen molar-refractivity contribution in [2.45, 2.75) is 13.8 Å². The molecule has 0 saturated carbocycles. The monoisotopic (exact) mass is 187 g/mol. The Morgan fingerprint density at radius 3 is 2.43 bits per heavy atom. The molecule has 0 N–H and O–H groups in total. The van der Waals surface area contributed by atoms with E-state index in [-0.39, 0.29) is 0 Å². The third kappa shape index (κ3) is 3.09. The normalized spacial score (nSPS) is 9.29. The van der Waals surface area contributed by atoms with Gasteiger partial charge in [-0.2, -0.15) is 0 Å². The second-order valence-electron chi connectivity index (χ2n) is 3.48. The molecule has 0 heterocycles. The van der Waals surface area contributed by atoms with Gasteiger partial charge in [-0.05, 0) is 26.0 Å². The lowest BCUT2D eigenvalue weighted by atomic mass is 10.2. The molecular formula is C13H17N. The largest absolute Gasteiger partial charge is 0.344 e. The molecule has 0 fully saturated rings. The molecule has 0 aliphatic rings. The third-order valence-electron chi connectivity index (χ3n) is 1.83. The van der Waals surface area contributed by atoms with Crippen molar-refractivity contribution in [3.8, 4) is 0 Å². The molecule has 0 unspecified atom stereocenters. The summed E-state index contributed by atoms with van der Waals surface area (Å²) in [4.78, 5) is 2.18. The van der Waals surface area contributed by atoms with E-state index in [4.69, 9.17) is 0 Å². The SMILES string of the molecule is C=CCN(C=C(C)C)c1ccccc1. The number of hydrogen-bond acceptors (Lipinski definition) is 1. The first-order valence-electron chi connectivity index (χ1n) is 4.81. The molecule has 0 radical (unpaired) electrons. The van der Waals surface area contributed by atoms with Crippen molar-refractivity contribution >= 4 is 5.69 Å². The van der Waals surface area contributed by atoms with Crippen LogP contribution in [0.1, 0.15) is 13.8 Å². The minimum atomic E-state index is 0.842. The topological polar surface area (TPSA) is 3.24 Å². The van der Waals surface area contributed by atoms with Crippen LogP contribution >= 0.6 is 0 Å². The molecule has 0 aliphatic heterocycles. The van der Waals surface area contributed by atoms with E-state index in [1.165, 1.54) is 11.3 Å². The van der Waals surface area contributed by atoms with Crippen LogP contribution in [-0.4, -0.2) is 6.54 Å². The third-order valence-corrected chi connectivity index (χ3v) is 1.83. The predicted molar refractivity (Wildman–Crippen MR) is 63.4 cm³/mol. The van der Waals surface area contributed by atoms with Crippen LogP contribution in [0.3, 0.4) is 0 Å². The number of benzene rings is 1. The van der Waals surface area contributed by atoms with E-state index < -0.39 is 0 Å². The minimum Gasteiger partial charge on any atom is -0.344 e. The summed E-state index contributed by atoms with van der Waals surface area (Å²) in [7, 11) is 0. The van der Waals surface area contributed by atoms with Crippen molar-refractivity contribution in [2.24, 2.45) is 0 Å². The Morgan fingerprint density at radius 2 is 1.93 bits per heavy atom. The molecule has 0 spiro atoms. The Bertz CT molecular complexity index is 307. The lowest BCUT2D eigenvalue weighted by molar-refractivity contribution is 1.07. The quantitative estimate of drug-likeness (QED) is 0.651. The molecule has 1 aromatic rings. The van der Waals surface area contributed by atoms with E-state index in [0.717, 1.165) is 6.54 Å². The summed E-state index contributed by atoms with van der Waals surface area (Å²) in [6.07, 6.45) is 4.05. The maximum Gasteiger partial charge on any atom is 0.0409 e. The zero-order valence-electron chi connectivity index (χ0n) is 8.90. The fourth-order valence-electron chi connectivity index (χ4n) is 1.30. The molecule has 1 aromatic carbocycles. The fraction of sp³-hybridized carbons (Fsp3) is 0.231. The molecule has 74 valence electrons. The van der Waals surface area contributed by atoms with Gasteiger partial charge in [0.25, 0.3) is 0 Å². The van der Waals surface area contributed by atoms with Gasteiger partial charge in [0.05, 0.1) is 0 Å². The molecule has 1 nitrogen and oxygen atoms in total. The lowest BCUT2D eigenvalue weighted by Crippen LogP contribution is -2.15. The first kappa shape index (κ1) is 10.6. The number of anilines is 1. The fourth-order valence-corrected chi connectivity index (χ4v) is 1.30. The zero-order chi connectivity index (χ0) is 10.4. The maximum atomic E-state index is 3.76. The highest BCUT2D eigenvalue weighted by Gasteiger charge is 1.99. The molecule has 1 heteroatoms. The van der Waals surface area contributed by atoms with Crippen molar-refractivity contribution in [3.63, 3.8) is 0 Å². The highest BCUT2D eigenvalue weighted by Crippen LogP contribution is 2.14. The summed E-state index contributed by atoms with van der Waals surface area (Å²) >= 11 is 0. The predicted octanol–water partition coefficient (Wildman–Crippen LogP) is 3.60. The summed E-state index contributed by atoms with van der Waals surface area (Å²) in [6, 6.07) is 10.3. The Balaban J connectivity index is 2.88. The van der Waals surface area contributed by atoms with Crippen molar-refractivity contribution < 1.29 is 0 Å². The van der Waals surface area contributed by atoms with E-state index in [0.29, 0.717) is 0 Å². The van der Waals surface area contributed by atoms with Crippen LogP contribution in [0.5, 0.6) is 0 Å². The van der Waals surface area contributed by atoms with Gasteiger partial charge in [0.15, 0.2) is 0 Å². The number of hydrogen-bond donors (Lipinski definition) is 0. The highest BCUT2D eigenvalue weighted by atomic mass is 15.1. The minimum absolute atomic E-state index is 0.842. The zero-order valence-corrected chi connectivity index (χ0v) is 8.90. The number of allylic oxidation sites excluding steroid dienone is 1. The number of nitrogens with zero attached hydrogens (tertiary/aromatic N) is 1. The molecule has 0 bridgehead atoms. The first-order chi connectivity index (χ1) is 6.74. The summed E-state index contributed by atoms with van der Waals surface area (Å²) in [5, 5.41) is 0. The van der Waals surface area contributed by atoms with Crippen molar-refractivity contribution in [3.05, 3.63) is 54.8 Å². The molecule has 0 amide bonds. The van der Waals surface area contributed by atoms with E-state index >= 15 is 0 Å². The summed E-state index contributed by atoms with van der Waals surface area (Å²) < 4.78 is 0. The maximum absolute atomic E-state index is 3.76. The van der Waals surface area contributed by atoms with Crippen LogP contribution in [0.15, 0.2) is 54.8 Å². The van der Waals surface area contributed by atoms with E-state index in [9.17, 15) is 0 Å². The smallest absolute Gasteiger partial charge is 0.0409 e. The van der Waals surface area contributed by atoms with Crippen LogP contribution < -0.4 is 4.90 Å². The summed E-state index contributed by atoms with van der Waals surface area (Å²) in [5.74, 6) is 0. The number of rotatable bonds is 4. The van der Waals surface area contributed by atoms with E-state index in [1.54, 1.807) is 0 Å². The second kappa shape index (κ2) is 5.28. The van der Waals surface area contributed by atoms with Gasteiger partial charge >= 0.3 is 0 Å². The standard InChI is InChI=1S/C13H17N/c1-4-10-14(11-12(2)3)13-8-6-5-7-9-13/h4-9,11H,1,10H2,2-3H3.